The van der Waals surface area contributed by atoms with Crippen LogP contribution in [0.3, 0.4) is 0 Å². The van der Waals surface area contributed by atoms with Crippen molar-refractivity contribution >= 4 is 16.7 Å². The Morgan fingerprint density at radius 1 is 1.05 bits per heavy atom. The van der Waals surface area contributed by atoms with Crippen LogP contribution in [-0.2, 0) is 4.79 Å². The molecule has 110 valence electrons. The van der Waals surface area contributed by atoms with E-state index in [9.17, 15) is 4.79 Å². The molecule has 3 N–H and O–H groups in total. The molecule has 0 radical (unpaired) electrons. The lowest BCUT2D eigenvalue weighted by molar-refractivity contribution is -0.126. The molecule has 0 heterocycles. The maximum Gasteiger partial charge on any atom is 0.236 e. The highest BCUT2D eigenvalue weighted by atomic mass is 16.5. The van der Waals surface area contributed by atoms with Crippen LogP contribution >= 0.6 is 0 Å². The number of rotatable bonds is 3. The summed E-state index contributed by atoms with van der Waals surface area (Å²) in [6.45, 7) is 0. The van der Waals surface area contributed by atoms with Gasteiger partial charge in [0.15, 0.2) is 0 Å². The Balaban J connectivity index is 1.63. The standard InChI is InChI=1S/C17H20N2O2/c18-19-17(20)13-6-8-15(9-7-13)21-16-10-5-12-3-1-2-4-14(12)11-16/h1-5,10-11,13,15H,6-9,18H2,(H,19,20)/t13-,15-. The molecule has 0 unspecified atom stereocenters. The molecule has 1 aliphatic rings. The van der Waals surface area contributed by atoms with Gasteiger partial charge in [0.25, 0.3) is 0 Å². The fraction of sp³-hybridized carbons (Fsp3) is 0.353. The average Bonchev–Trinajstić information content (AvgIpc) is 2.55. The second-order valence-electron chi connectivity index (χ2n) is 5.61. The molecule has 2 aromatic carbocycles. The lowest BCUT2D eigenvalue weighted by Crippen LogP contribution is -2.38. The highest BCUT2D eigenvalue weighted by Gasteiger charge is 2.26. The molecule has 1 aliphatic carbocycles. The van der Waals surface area contributed by atoms with Crippen LogP contribution in [0.1, 0.15) is 25.7 Å². The van der Waals surface area contributed by atoms with Crippen LogP contribution in [0.5, 0.6) is 5.75 Å². The summed E-state index contributed by atoms with van der Waals surface area (Å²) in [6, 6.07) is 14.4. The van der Waals surface area contributed by atoms with E-state index in [1.807, 2.05) is 18.2 Å². The maximum atomic E-state index is 11.5. The van der Waals surface area contributed by atoms with Crippen molar-refractivity contribution in [3.8, 4) is 5.75 Å². The number of ether oxygens (including phenoxy) is 1. The van der Waals surface area contributed by atoms with Crippen molar-refractivity contribution in [2.75, 3.05) is 0 Å². The third-order valence-corrected chi connectivity index (χ3v) is 4.21. The van der Waals surface area contributed by atoms with Crippen molar-refractivity contribution in [2.45, 2.75) is 31.8 Å². The molecule has 2 aromatic rings. The van der Waals surface area contributed by atoms with Crippen molar-refractivity contribution in [3.05, 3.63) is 42.5 Å². The molecular formula is C17H20N2O2. The van der Waals surface area contributed by atoms with Gasteiger partial charge in [-0.05, 0) is 48.6 Å². The van der Waals surface area contributed by atoms with E-state index in [-0.39, 0.29) is 17.9 Å². The SMILES string of the molecule is NNC(=O)[C@H]1CC[C@H](Oc2ccc3ccccc3c2)CC1. The van der Waals surface area contributed by atoms with Crippen molar-refractivity contribution in [1.29, 1.82) is 0 Å². The Morgan fingerprint density at radius 2 is 1.76 bits per heavy atom. The Bertz CT molecular complexity index is 633. The number of hydrogen-bond donors (Lipinski definition) is 2. The minimum Gasteiger partial charge on any atom is -0.490 e. The van der Waals surface area contributed by atoms with Gasteiger partial charge in [0.2, 0.25) is 5.91 Å². The Hall–Kier alpha value is -2.07. The second kappa shape index (κ2) is 6.14. The molecular weight excluding hydrogens is 264 g/mol. The first-order valence-electron chi connectivity index (χ1n) is 7.42. The van der Waals surface area contributed by atoms with Crippen molar-refractivity contribution in [1.82, 2.24) is 5.43 Å². The van der Waals surface area contributed by atoms with Crippen molar-refractivity contribution < 1.29 is 9.53 Å². The van der Waals surface area contributed by atoms with E-state index in [0.717, 1.165) is 31.4 Å². The highest BCUT2D eigenvalue weighted by Crippen LogP contribution is 2.29. The van der Waals surface area contributed by atoms with Gasteiger partial charge in [-0.1, -0.05) is 30.3 Å². The van der Waals surface area contributed by atoms with Gasteiger partial charge in [-0.3, -0.25) is 10.2 Å². The first-order chi connectivity index (χ1) is 10.3. The third kappa shape index (κ3) is 3.16. The molecule has 1 fully saturated rings. The summed E-state index contributed by atoms with van der Waals surface area (Å²) in [4.78, 5) is 11.5. The van der Waals surface area contributed by atoms with Crippen LogP contribution in [0, 0.1) is 5.92 Å². The summed E-state index contributed by atoms with van der Waals surface area (Å²) in [5, 5.41) is 2.40. The van der Waals surface area contributed by atoms with Gasteiger partial charge in [-0.2, -0.15) is 0 Å². The van der Waals surface area contributed by atoms with Gasteiger partial charge < -0.3 is 4.74 Å². The zero-order valence-electron chi connectivity index (χ0n) is 11.9. The summed E-state index contributed by atoms with van der Waals surface area (Å²) in [5.41, 5.74) is 2.24. The van der Waals surface area contributed by atoms with Gasteiger partial charge in [0.1, 0.15) is 5.75 Å². The van der Waals surface area contributed by atoms with Gasteiger partial charge in [-0.25, -0.2) is 5.84 Å². The summed E-state index contributed by atoms with van der Waals surface area (Å²) in [6.07, 6.45) is 3.64. The van der Waals surface area contributed by atoms with E-state index >= 15 is 0 Å². The van der Waals surface area contributed by atoms with Crippen LogP contribution in [0.25, 0.3) is 10.8 Å². The molecule has 0 saturated heterocycles. The molecule has 0 spiro atoms. The monoisotopic (exact) mass is 284 g/mol. The predicted molar refractivity (Wildman–Crippen MR) is 82.7 cm³/mol. The molecule has 4 nitrogen and oxygen atoms in total. The van der Waals surface area contributed by atoms with E-state index < -0.39 is 0 Å². The van der Waals surface area contributed by atoms with Gasteiger partial charge in [-0.15, -0.1) is 0 Å². The van der Waals surface area contributed by atoms with Crippen LogP contribution < -0.4 is 16.0 Å². The second-order valence-corrected chi connectivity index (χ2v) is 5.61. The smallest absolute Gasteiger partial charge is 0.236 e. The number of benzene rings is 2. The average molecular weight is 284 g/mol. The van der Waals surface area contributed by atoms with Crippen LogP contribution in [0.4, 0.5) is 0 Å². The number of amides is 1. The molecule has 21 heavy (non-hydrogen) atoms. The molecule has 1 saturated carbocycles. The van der Waals surface area contributed by atoms with Gasteiger partial charge >= 0.3 is 0 Å². The molecule has 0 bridgehead atoms. The predicted octanol–water partition coefficient (Wildman–Crippen LogP) is 2.77. The highest BCUT2D eigenvalue weighted by molar-refractivity contribution is 5.83. The van der Waals surface area contributed by atoms with Crippen LogP contribution in [0.15, 0.2) is 42.5 Å². The first-order valence-corrected chi connectivity index (χ1v) is 7.42. The number of hydrogen-bond acceptors (Lipinski definition) is 3. The maximum absolute atomic E-state index is 11.5. The fourth-order valence-corrected chi connectivity index (χ4v) is 2.99. The number of carbonyl (C=O) groups is 1. The molecule has 3 rings (SSSR count). The zero-order valence-corrected chi connectivity index (χ0v) is 11.9. The minimum atomic E-state index is -0.0563. The Morgan fingerprint density at radius 3 is 2.48 bits per heavy atom. The Labute approximate surface area is 124 Å². The van der Waals surface area contributed by atoms with E-state index in [1.165, 1.54) is 10.8 Å². The summed E-state index contributed by atoms with van der Waals surface area (Å²) < 4.78 is 6.06. The number of nitrogens with one attached hydrogen (secondary N) is 1. The molecule has 0 aromatic heterocycles. The number of carbonyl (C=O) groups excluding carboxylic acids is 1. The third-order valence-electron chi connectivity index (χ3n) is 4.21. The van der Waals surface area contributed by atoms with Gasteiger partial charge in [0.05, 0.1) is 6.10 Å². The molecule has 4 heteroatoms. The van der Waals surface area contributed by atoms with E-state index in [2.05, 4.69) is 29.7 Å². The van der Waals surface area contributed by atoms with Crippen LogP contribution in [0.2, 0.25) is 0 Å². The van der Waals surface area contributed by atoms with E-state index in [4.69, 9.17) is 10.6 Å². The Kier molecular flexibility index (Phi) is 4.06. The van der Waals surface area contributed by atoms with Crippen LogP contribution in [-0.4, -0.2) is 12.0 Å². The lowest BCUT2D eigenvalue weighted by atomic mass is 9.87. The normalized spacial score (nSPS) is 22.0. The number of nitrogens with two attached hydrogens (primary N) is 1. The lowest BCUT2D eigenvalue weighted by Gasteiger charge is -2.28. The largest absolute Gasteiger partial charge is 0.490 e. The molecule has 1 amide bonds. The number of fused-ring (bicyclic) bond motifs is 1. The molecule has 0 aliphatic heterocycles. The van der Waals surface area contributed by atoms with Crippen molar-refractivity contribution in [3.63, 3.8) is 0 Å². The first kappa shape index (κ1) is 13.9. The van der Waals surface area contributed by atoms with Gasteiger partial charge in [0, 0.05) is 5.92 Å². The van der Waals surface area contributed by atoms with E-state index in [1.54, 1.807) is 0 Å². The van der Waals surface area contributed by atoms with Crippen molar-refractivity contribution in [2.24, 2.45) is 11.8 Å². The molecule has 0 atom stereocenters. The van der Waals surface area contributed by atoms with E-state index in [0.29, 0.717) is 0 Å². The number of hydrazine groups is 1. The minimum absolute atomic E-state index is 0.0338. The summed E-state index contributed by atoms with van der Waals surface area (Å²) in [7, 11) is 0. The fourth-order valence-electron chi connectivity index (χ4n) is 2.99. The topological polar surface area (TPSA) is 64.3 Å². The summed E-state index contributed by atoms with van der Waals surface area (Å²) >= 11 is 0. The summed E-state index contributed by atoms with van der Waals surface area (Å²) in [5.74, 6) is 6.06. The quantitative estimate of drug-likeness (QED) is 0.517. The zero-order chi connectivity index (χ0) is 14.7.